The van der Waals surface area contributed by atoms with E-state index in [4.69, 9.17) is 9.47 Å². The Bertz CT molecular complexity index is 1160. The minimum absolute atomic E-state index is 0.0309. The normalized spacial score (nSPS) is 20.7. The number of rotatable bonds is 6. The zero-order chi connectivity index (χ0) is 26.0. The summed E-state index contributed by atoms with van der Waals surface area (Å²) >= 11 is 0. The lowest BCUT2D eigenvalue weighted by Gasteiger charge is -2.31. The summed E-state index contributed by atoms with van der Waals surface area (Å²) in [5.41, 5.74) is 3.32. The monoisotopic (exact) mass is 492 g/mol. The molecule has 1 N–H and O–H groups in total. The fourth-order valence-corrected chi connectivity index (χ4v) is 4.87. The van der Waals surface area contributed by atoms with E-state index in [9.17, 15) is 14.7 Å². The molecule has 0 saturated carbocycles. The molecule has 1 amide bonds. The van der Waals surface area contributed by atoms with Gasteiger partial charge < -0.3 is 19.5 Å². The van der Waals surface area contributed by atoms with Crippen LogP contribution in [0.4, 0.5) is 0 Å². The fourth-order valence-electron chi connectivity index (χ4n) is 4.87. The zero-order valence-electron chi connectivity index (χ0n) is 21.8. The molecule has 4 rings (SSSR count). The molecule has 7 nitrogen and oxygen atoms in total. The number of methoxy groups -OCH3 is 1. The first-order valence-corrected chi connectivity index (χ1v) is 12.5. The second-order valence-corrected chi connectivity index (χ2v) is 10.5. The number of hydrogen-bond acceptors (Lipinski definition) is 6. The molecule has 2 heterocycles. The summed E-state index contributed by atoms with van der Waals surface area (Å²) in [5.74, 6) is -0.743. The lowest BCUT2D eigenvalue weighted by molar-refractivity contribution is -0.140. The Balaban J connectivity index is 1.77. The predicted octanol–water partition coefficient (Wildman–Crippen LogP) is 4.06. The highest BCUT2D eigenvalue weighted by molar-refractivity contribution is 6.46. The van der Waals surface area contributed by atoms with Crippen molar-refractivity contribution in [3.8, 4) is 5.75 Å². The zero-order valence-corrected chi connectivity index (χ0v) is 21.8. The van der Waals surface area contributed by atoms with Gasteiger partial charge in [0, 0.05) is 31.7 Å². The standard InChI is InChI=1S/C29H36N2O5/c1-19-18-22(35-5)10-11-23(19)26(32)24-25(20-6-8-21(9-7-20)29(2,3)4)31(28(34)27(24)33)13-12-30-14-16-36-17-15-30/h6-11,18,25,32H,12-17H2,1-5H3. The molecule has 0 spiro atoms. The van der Waals surface area contributed by atoms with Crippen LogP contribution >= 0.6 is 0 Å². The Morgan fingerprint density at radius 1 is 1.06 bits per heavy atom. The number of aliphatic hydroxyl groups is 1. The number of ether oxygens (including phenoxy) is 2. The van der Waals surface area contributed by atoms with Gasteiger partial charge in [0.05, 0.1) is 31.9 Å². The Labute approximate surface area is 213 Å². The smallest absolute Gasteiger partial charge is 0.295 e. The van der Waals surface area contributed by atoms with Crippen molar-refractivity contribution in [1.29, 1.82) is 0 Å². The topological polar surface area (TPSA) is 79.3 Å². The van der Waals surface area contributed by atoms with E-state index >= 15 is 0 Å². The molecule has 0 aliphatic carbocycles. The number of hydrogen-bond donors (Lipinski definition) is 1. The first-order chi connectivity index (χ1) is 17.1. The lowest BCUT2D eigenvalue weighted by Crippen LogP contribution is -2.42. The number of Topliss-reactive ketones (excluding diaryl/α,β-unsaturated/α-hetero) is 1. The third-order valence-corrected chi connectivity index (χ3v) is 7.08. The first-order valence-electron chi connectivity index (χ1n) is 12.5. The van der Waals surface area contributed by atoms with Crippen LogP contribution in [-0.4, -0.2) is 73.1 Å². The average Bonchev–Trinajstić information content (AvgIpc) is 3.12. The van der Waals surface area contributed by atoms with Crippen LogP contribution in [0.2, 0.25) is 0 Å². The van der Waals surface area contributed by atoms with Crippen LogP contribution in [0, 0.1) is 6.92 Å². The molecule has 2 aliphatic rings. The molecule has 36 heavy (non-hydrogen) atoms. The maximum atomic E-state index is 13.4. The van der Waals surface area contributed by atoms with Crippen LogP contribution in [-0.2, 0) is 19.7 Å². The van der Waals surface area contributed by atoms with E-state index in [1.807, 2.05) is 31.2 Å². The minimum Gasteiger partial charge on any atom is -0.507 e. The molecule has 2 aromatic rings. The van der Waals surface area contributed by atoms with Crippen LogP contribution in [0.3, 0.4) is 0 Å². The third-order valence-electron chi connectivity index (χ3n) is 7.08. The Hall–Kier alpha value is -3.16. The van der Waals surface area contributed by atoms with E-state index in [0.717, 1.165) is 29.8 Å². The molecule has 2 aliphatic heterocycles. The van der Waals surface area contributed by atoms with E-state index in [-0.39, 0.29) is 16.7 Å². The summed E-state index contributed by atoms with van der Waals surface area (Å²) < 4.78 is 10.7. The average molecular weight is 493 g/mol. The van der Waals surface area contributed by atoms with Gasteiger partial charge in [0.2, 0.25) is 0 Å². The summed E-state index contributed by atoms with van der Waals surface area (Å²) in [4.78, 5) is 30.5. The number of morpholine rings is 1. The summed E-state index contributed by atoms with van der Waals surface area (Å²) in [6, 6.07) is 12.6. The molecule has 0 radical (unpaired) electrons. The van der Waals surface area contributed by atoms with Crippen molar-refractivity contribution in [2.75, 3.05) is 46.5 Å². The van der Waals surface area contributed by atoms with Crippen LogP contribution < -0.4 is 4.74 Å². The molecule has 7 heteroatoms. The van der Waals surface area contributed by atoms with Crippen molar-refractivity contribution >= 4 is 17.4 Å². The predicted molar refractivity (Wildman–Crippen MR) is 139 cm³/mol. The van der Waals surface area contributed by atoms with Crippen molar-refractivity contribution in [3.63, 3.8) is 0 Å². The largest absolute Gasteiger partial charge is 0.507 e. The van der Waals surface area contributed by atoms with Crippen LogP contribution in [0.25, 0.3) is 5.76 Å². The van der Waals surface area contributed by atoms with E-state index in [0.29, 0.717) is 37.6 Å². The van der Waals surface area contributed by atoms with Crippen LogP contribution in [0.15, 0.2) is 48.0 Å². The van der Waals surface area contributed by atoms with Gasteiger partial charge in [0.15, 0.2) is 0 Å². The maximum Gasteiger partial charge on any atom is 0.295 e. The number of ketones is 1. The number of aryl methyl sites for hydroxylation is 1. The highest BCUT2D eigenvalue weighted by atomic mass is 16.5. The number of carbonyl (C=O) groups excluding carboxylic acids is 2. The van der Waals surface area contributed by atoms with Gasteiger partial charge in [-0.15, -0.1) is 0 Å². The number of carbonyl (C=O) groups is 2. The number of aliphatic hydroxyl groups excluding tert-OH is 1. The molecule has 1 atom stereocenters. The molecule has 192 valence electrons. The number of benzene rings is 2. The second-order valence-electron chi connectivity index (χ2n) is 10.5. The molecule has 2 aromatic carbocycles. The molecule has 0 aromatic heterocycles. The van der Waals surface area contributed by atoms with Gasteiger partial charge in [-0.05, 0) is 47.2 Å². The number of nitrogens with zero attached hydrogens (tertiary/aromatic N) is 2. The first kappa shape index (κ1) is 25.9. The maximum absolute atomic E-state index is 13.4. The highest BCUT2D eigenvalue weighted by Crippen LogP contribution is 2.40. The van der Waals surface area contributed by atoms with Gasteiger partial charge in [-0.1, -0.05) is 45.0 Å². The summed E-state index contributed by atoms with van der Waals surface area (Å²) in [7, 11) is 1.58. The van der Waals surface area contributed by atoms with E-state index in [1.54, 1.807) is 30.2 Å². The third kappa shape index (κ3) is 5.18. The number of amides is 1. The van der Waals surface area contributed by atoms with E-state index in [2.05, 4.69) is 25.7 Å². The summed E-state index contributed by atoms with van der Waals surface area (Å²) in [6.07, 6.45) is 0. The summed E-state index contributed by atoms with van der Waals surface area (Å²) in [6.45, 7) is 12.2. The number of likely N-dealkylation sites (tertiary alicyclic amines) is 1. The van der Waals surface area contributed by atoms with Gasteiger partial charge >= 0.3 is 0 Å². The Morgan fingerprint density at radius 2 is 1.72 bits per heavy atom. The molecule has 0 bridgehead atoms. The van der Waals surface area contributed by atoms with Crippen molar-refractivity contribution < 1.29 is 24.2 Å². The van der Waals surface area contributed by atoms with Crippen LogP contribution in [0.1, 0.15) is 49.1 Å². The van der Waals surface area contributed by atoms with Gasteiger partial charge in [0.1, 0.15) is 11.5 Å². The van der Waals surface area contributed by atoms with Crippen molar-refractivity contribution in [2.45, 2.75) is 39.2 Å². The molecular formula is C29H36N2O5. The molecule has 1 unspecified atom stereocenters. The van der Waals surface area contributed by atoms with E-state index in [1.165, 1.54) is 0 Å². The minimum atomic E-state index is -0.665. The van der Waals surface area contributed by atoms with E-state index < -0.39 is 17.7 Å². The Morgan fingerprint density at radius 3 is 2.31 bits per heavy atom. The fraction of sp³-hybridized carbons (Fsp3) is 0.448. The van der Waals surface area contributed by atoms with Crippen molar-refractivity contribution in [1.82, 2.24) is 9.80 Å². The lowest BCUT2D eigenvalue weighted by atomic mass is 9.85. The van der Waals surface area contributed by atoms with Crippen LogP contribution in [0.5, 0.6) is 5.75 Å². The molecular weight excluding hydrogens is 456 g/mol. The van der Waals surface area contributed by atoms with Crippen molar-refractivity contribution in [2.24, 2.45) is 0 Å². The molecule has 2 saturated heterocycles. The van der Waals surface area contributed by atoms with Crippen molar-refractivity contribution in [3.05, 3.63) is 70.3 Å². The molecule has 2 fully saturated rings. The SMILES string of the molecule is COc1ccc(C(O)=C2C(=O)C(=O)N(CCN3CCOCC3)C2c2ccc(C(C)(C)C)cc2)c(C)c1. The van der Waals surface area contributed by atoms with Gasteiger partial charge in [-0.2, -0.15) is 0 Å². The van der Waals surface area contributed by atoms with Gasteiger partial charge in [-0.25, -0.2) is 0 Å². The Kier molecular flexibility index (Phi) is 7.52. The quantitative estimate of drug-likeness (QED) is 0.372. The highest BCUT2D eigenvalue weighted by Gasteiger charge is 2.46. The second kappa shape index (κ2) is 10.4. The summed E-state index contributed by atoms with van der Waals surface area (Å²) in [5, 5.41) is 11.4. The van der Waals surface area contributed by atoms with Gasteiger partial charge in [0.25, 0.3) is 11.7 Å². The van der Waals surface area contributed by atoms with Gasteiger partial charge in [-0.3, -0.25) is 14.5 Å².